The molecule has 114 valence electrons. The fraction of sp³-hybridized carbons (Fsp3) is 0.333. The quantitative estimate of drug-likeness (QED) is 0.803. The summed E-state index contributed by atoms with van der Waals surface area (Å²) >= 11 is 3.12. The van der Waals surface area contributed by atoms with E-state index in [1.807, 2.05) is 13.8 Å². The van der Waals surface area contributed by atoms with Crippen LogP contribution in [0, 0.1) is 0 Å². The van der Waals surface area contributed by atoms with Gasteiger partial charge in [0.1, 0.15) is 10.7 Å². The molecule has 0 bridgehead atoms. The lowest BCUT2D eigenvalue weighted by atomic mass is 10.3. The molecule has 2 N–H and O–H groups in total. The first-order valence-corrected chi connectivity index (χ1v) is 8.47. The van der Waals surface area contributed by atoms with Crippen LogP contribution in [-0.2, 0) is 16.6 Å². The third-order valence-electron chi connectivity index (χ3n) is 2.47. The smallest absolute Gasteiger partial charge is 0.268 e. The molecule has 0 saturated carbocycles. The molecular formula is C12H15BrN4O3S. The van der Waals surface area contributed by atoms with Crippen LogP contribution < -0.4 is 10.0 Å². The second-order valence-electron chi connectivity index (χ2n) is 4.56. The molecule has 7 nitrogen and oxygen atoms in total. The molecule has 0 spiro atoms. The van der Waals surface area contributed by atoms with Gasteiger partial charge in [0.15, 0.2) is 4.67 Å². The molecule has 0 unspecified atom stereocenters. The van der Waals surface area contributed by atoms with Crippen LogP contribution in [0.1, 0.15) is 19.6 Å². The van der Waals surface area contributed by atoms with E-state index in [0.29, 0.717) is 12.3 Å². The van der Waals surface area contributed by atoms with Gasteiger partial charge in [0, 0.05) is 24.5 Å². The molecule has 0 aliphatic carbocycles. The lowest BCUT2D eigenvalue weighted by Crippen LogP contribution is -2.21. The fourth-order valence-electron chi connectivity index (χ4n) is 1.50. The third kappa shape index (κ3) is 4.26. The summed E-state index contributed by atoms with van der Waals surface area (Å²) in [4.78, 5) is 7.66. The number of hydrogen-bond acceptors (Lipinski definition) is 6. The van der Waals surface area contributed by atoms with Crippen molar-refractivity contribution in [1.82, 2.24) is 15.3 Å². The highest BCUT2D eigenvalue weighted by molar-refractivity contribution is 9.10. The van der Waals surface area contributed by atoms with Crippen molar-refractivity contribution in [3.63, 3.8) is 0 Å². The van der Waals surface area contributed by atoms with Gasteiger partial charge in [-0.2, -0.15) is 0 Å². The highest BCUT2D eigenvalue weighted by Gasteiger charge is 2.23. The largest absolute Gasteiger partial charge is 0.451 e. The summed E-state index contributed by atoms with van der Waals surface area (Å²) < 4.78 is 32.4. The summed E-state index contributed by atoms with van der Waals surface area (Å²) in [6.45, 7) is 4.42. The number of anilines is 1. The highest BCUT2D eigenvalue weighted by Crippen LogP contribution is 2.27. The molecule has 2 heterocycles. The number of rotatable bonds is 6. The van der Waals surface area contributed by atoms with E-state index in [4.69, 9.17) is 4.42 Å². The minimum Gasteiger partial charge on any atom is -0.451 e. The van der Waals surface area contributed by atoms with Gasteiger partial charge in [0.05, 0.1) is 6.54 Å². The van der Waals surface area contributed by atoms with E-state index in [1.54, 1.807) is 6.07 Å². The number of furan rings is 1. The van der Waals surface area contributed by atoms with E-state index < -0.39 is 10.0 Å². The Hall–Kier alpha value is -1.45. The zero-order valence-electron chi connectivity index (χ0n) is 11.5. The van der Waals surface area contributed by atoms with Crippen molar-refractivity contribution in [2.45, 2.75) is 31.3 Å². The number of sulfonamides is 1. The van der Waals surface area contributed by atoms with Crippen LogP contribution in [0.3, 0.4) is 0 Å². The molecule has 9 heteroatoms. The summed E-state index contributed by atoms with van der Waals surface area (Å²) in [6, 6.07) is 3.33. The van der Waals surface area contributed by atoms with Crippen LogP contribution in [0.4, 0.5) is 5.95 Å². The number of hydrogen-bond donors (Lipinski definition) is 2. The first kappa shape index (κ1) is 15.9. The van der Waals surface area contributed by atoms with Gasteiger partial charge in [0.25, 0.3) is 10.0 Å². The van der Waals surface area contributed by atoms with Crippen molar-refractivity contribution in [2.75, 3.05) is 4.72 Å². The van der Waals surface area contributed by atoms with E-state index in [0.717, 1.165) is 0 Å². The minimum atomic E-state index is -3.81. The number of nitrogens with one attached hydrogen (secondary N) is 2. The topological polar surface area (TPSA) is 97.1 Å². The van der Waals surface area contributed by atoms with Crippen molar-refractivity contribution in [3.8, 4) is 0 Å². The number of nitrogens with zero attached hydrogens (tertiary/aromatic N) is 2. The monoisotopic (exact) mass is 374 g/mol. The lowest BCUT2D eigenvalue weighted by molar-refractivity contribution is 0.447. The van der Waals surface area contributed by atoms with E-state index in [-0.39, 0.29) is 21.6 Å². The zero-order chi connectivity index (χ0) is 15.5. The second-order valence-corrected chi connectivity index (χ2v) is 6.94. The van der Waals surface area contributed by atoms with E-state index in [2.05, 4.69) is 35.9 Å². The molecule has 0 atom stereocenters. The standard InChI is InChI=1S/C12H15BrN4O3S/c1-8(2)16-7-9-6-10(11(13)20-9)21(18,19)17-12-14-4-3-5-15-12/h3-6,8,16H,7H2,1-2H3,(H,14,15,17). The molecule has 2 aromatic rings. The van der Waals surface area contributed by atoms with Crippen LogP contribution in [0.5, 0.6) is 0 Å². The second kappa shape index (κ2) is 6.54. The van der Waals surface area contributed by atoms with Crippen molar-refractivity contribution < 1.29 is 12.8 Å². The fourth-order valence-corrected chi connectivity index (χ4v) is 3.46. The number of aromatic nitrogens is 2. The predicted octanol–water partition coefficient (Wildman–Crippen LogP) is 2.13. The van der Waals surface area contributed by atoms with Crippen molar-refractivity contribution in [3.05, 3.63) is 35.0 Å². The van der Waals surface area contributed by atoms with E-state index >= 15 is 0 Å². The average molecular weight is 375 g/mol. The SMILES string of the molecule is CC(C)NCc1cc(S(=O)(=O)Nc2ncccn2)c(Br)o1. The molecule has 0 aromatic carbocycles. The summed E-state index contributed by atoms with van der Waals surface area (Å²) in [5.74, 6) is 0.525. The summed E-state index contributed by atoms with van der Waals surface area (Å²) in [7, 11) is -3.81. The molecule has 0 fully saturated rings. The Kier molecular flexibility index (Phi) is 4.96. The molecule has 0 saturated heterocycles. The normalized spacial score (nSPS) is 11.8. The van der Waals surface area contributed by atoms with Crippen LogP contribution in [0.2, 0.25) is 0 Å². The van der Waals surface area contributed by atoms with Gasteiger partial charge in [-0.15, -0.1) is 0 Å². The maximum absolute atomic E-state index is 12.3. The van der Waals surface area contributed by atoms with Gasteiger partial charge in [-0.25, -0.2) is 23.1 Å². The lowest BCUT2D eigenvalue weighted by Gasteiger charge is -2.04. The molecule has 2 rings (SSSR count). The van der Waals surface area contributed by atoms with Gasteiger partial charge in [-0.3, -0.25) is 0 Å². The first-order chi connectivity index (χ1) is 9.88. The minimum absolute atomic E-state index is 0.00690. The van der Waals surface area contributed by atoms with Gasteiger partial charge in [-0.1, -0.05) is 13.8 Å². The van der Waals surface area contributed by atoms with Gasteiger partial charge in [0.2, 0.25) is 5.95 Å². The molecule has 0 aliphatic rings. The summed E-state index contributed by atoms with van der Waals surface area (Å²) in [6.07, 6.45) is 2.90. The Bertz CT molecular complexity index is 701. The summed E-state index contributed by atoms with van der Waals surface area (Å²) in [5.41, 5.74) is 0. The Morgan fingerprint density at radius 3 is 2.62 bits per heavy atom. The zero-order valence-corrected chi connectivity index (χ0v) is 13.9. The molecule has 0 amide bonds. The molecule has 0 radical (unpaired) electrons. The van der Waals surface area contributed by atoms with Gasteiger partial charge in [-0.05, 0) is 22.0 Å². The molecular weight excluding hydrogens is 360 g/mol. The third-order valence-corrected chi connectivity index (χ3v) is 4.66. The summed E-state index contributed by atoms with van der Waals surface area (Å²) in [5, 5.41) is 3.15. The van der Waals surface area contributed by atoms with Crippen molar-refractivity contribution in [2.24, 2.45) is 0 Å². The molecule has 2 aromatic heterocycles. The molecule has 21 heavy (non-hydrogen) atoms. The maximum Gasteiger partial charge on any atom is 0.268 e. The first-order valence-electron chi connectivity index (χ1n) is 6.20. The average Bonchev–Trinajstić information content (AvgIpc) is 2.79. The van der Waals surface area contributed by atoms with Gasteiger partial charge < -0.3 is 9.73 Å². The Morgan fingerprint density at radius 1 is 1.33 bits per heavy atom. The highest BCUT2D eigenvalue weighted by atomic mass is 79.9. The van der Waals surface area contributed by atoms with Crippen LogP contribution in [0.15, 0.2) is 38.5 Å². The van der Waals surface area contributed by atoms with E-state index in [9.17, 15) is 8.42 Å². The van der Waals surface area contributed by atoms with Crippen LogP contribution >= 0.6 is 15.9 Å². The Balaban J connectivity index is 2.20. The van der Waals surface area contributed by atoms with Crippen LogP contribution in [0.25, 0.3) is 0 Å². The molecule has 0 aliphatic heterocycles. The van der Waals surface area contributed by atoms with Crippen molar-refractivity contribution in [1.29, 1.82) is 0 Å². The van der Waals surface area contributed by atoms with Crippen LogP contribution in [-0.4, -0.2) is 24.4 Å². The maximum atomic E-state index is 12.3. The van der Waals surface area contributed by atoms with E-state index in [1.165, 1.54) is 18.5 Å². The Morgan fingerprint density at radius 2 is 2.00 bits per heavy atom. The van der Waals surface area contributed by atoms with Crippen molar-refractivity contribution >= 4 is 31.9 Å². The predicted molar refractivity (Wildman–Crippen MR) is 81.2 cm³/mol. The number of halogens is 1. The Labute approximate surface area is 131 Å². The van der Waals surface area contributed by atoms with Gasteiger partial charge >= 0.3 is 0 Å².